The van der Waals surface area contributed by atoms with E-state index < -0.39 is 0 Å². The first-order valence-electron chi connectivity index (χ1n) is 9.80. The molecule has 5 heteroatoms. The number of benzene rings is 2. The Morgan fingerprint density at radius 2 is 1.76 bits per heavy atom. The van der Waals surface area contributed by atoms with Crippen molar-refractivity contribution in [2.75, 3.05) is 26.9 Å². The maximum atomic E-state index is 12.8. The van der Waals surface area contributed by atoms with E-state index in [4.69, 9.17) is 9.47 Å². The number of amides is 1. The lowest BCUT2D eigenvalue weighted by atomic mass is 10.1. The molecule has 0 saturated carbocycles. The Morgan fingerprint density at radius 3 is 2.48 bits per heavy atom. The van der Waals surface area contributed by atoms with Crippen LogP contribution in [0.15, 0.2) is 72.9 Å². The first-order valence-corrected chi connectivity index (χ1v) is 9.80. The van der Waals surface area contributed by atoms with Crippen LogP contribution in [0.5, 0.6) is 5.75 Å². The average Bonchev–Trinajstić information content (AvgIpc) is 3.18. The SMILES string of the molecule is COCCN(Cc1cccn1Cc1ccc(C)cc1)C(=O)COc1ccccc1. The van der Waals surface area contributed by atoms with Gasteiger partial charge in [-0.1, -0.05) is 48.0 Å². The maximum absolute atomic E-state index is 12.8. The van der Waals surface area contributed by atoms with Gasteiger partial charge in [0.25, 0.3) is 5.91 Å². The Morgan fingerprint density at radius 1 is 1.00 bits per heavy atom. The maximum Gasteiger partial charge on any atom is 0.260 e. The summed E-state index contributed by atoms with van der Waals surface area (Å²) in [5, 5.41) is 0. The molecule has 0 bridgehead atoms. The third-order valence-electron chi connectivity index (χ3n) is 4.77. The number of hydrogen-bond donors (Lipinski definition) is 0. The molecule has 0 radical (unpaired) electrons. The third-order valence-corrected chi connectivity index (χ3v) is 4.77. The summed E-state index contributed by atoms with van der Waals surface area (Å²) in [7, 11) is 1.64. The number of aromatic nitrogens is 1. The summed E-state index contributed by atoms with van der Waals surface area (Å²) in [5.41, 5.74) is 3.56. The summed E-state index contributed by atoms with van der Waals surface area (Å²) >= 11 is 0. The number of aryl methyl sites for hydroxylation is 1. The summed E-state index contributed by atoms with van der Waals surface area (Å²) < 4.78 is 13.0. The van der Waals surface area contributed by atoms with Crippen molar-refractivity contribution in [1.82, 2.24) is 9.47 Å². The van der Waals surface area contributed by atoms with Crippen LogP contribution in [0.2, 0.25) is 0 Å². The number of nitrogens with zero attached hydrogens (tertiary/aromatic N) is 2. The van der Waals surface area contributed by atoms with Gasteiger partial charge in [0.05, 0.1) is 13.2 Å². The number of para-hydroxylation sites is 1. The highest BCUT2D eigenvalue weighted by Gasteiger charge is 2.16. The largest absolute Gasteiger partial charge is 0.484 e. The van der Waals surface area contributed by atoms with E-state index >= 15 is 0 Å². The molecule has 0 aliphatic rings. The highest BCUT2D eigenvalue weighted by molar-refractivity contribution is 5.77. The Balaban J connectivity index is 1.66. The third kappa shape index (κ3) is 6.22. The lowest BCUT2D eigenvalue weighted by molar-refractivity contribution is -0.134. The van der Waals surface area contributed by atoms with Crippen molar-refractivity contribution < 1.29 is 14.3 Å². The normalized spacial score (nSPS) is 10.7. The zero-order valence-electron chi connectivity index (χ0n) is 17.1. The van der Waals surface area contributed by atoms with E-state index in [2.05, 4.69) is 48.0 Å². The minimum absolute atomic E-state index is 0.00635. The molecule has 0 fully saturated rings. The van der Waals surface area contributed by atoms with Gasteiger partial charge in [0, 0.05) is 32.1 Å². The number of rotatable bonds is 10. The van der Waals surface area contributed by atoms with Crippen LogP contribution < -0.4 is 4.74 Å². The molecule has 1 heterocycles. The van der Waals surface area contributed by atoms with Gasteiger partial charge in [0.1, 0.15) is 5.75 Å². The van der Waals surface area contributed by atoms with Gasteiger partial charge in [-0.25, -0.2) is 0 Å². The van der Waals surface area contributed by atoms with Gasteiger partial charge in [-0.2, -0.15) is 0 Å². The average molecular weight is 392 g/mol. The van der Waals surface area contributed by atoms with Gasteiger partial charge in [0.15, 0.2) is 6.61 Å². The lowest BCUT2D eigenvalue weighted by Gasteiger charge is -2.23. The van der Waals surface area contributed by atoms with Crippen LogP contribution >= 0.6 is 0 Å². The van der Waals surface area contributed by atoms with Crippen molar-refractivity contribution in [1.29, 1.82) is 0 Å². The van der Waals surface area contributed by atoms with E-state index in [0.717, 1.165) is 12.2 Å². The van der Waals surface area contributed by atoms with Gasteiger partial charge in [-0.05, 0) is 36.8 Å². The number of ether oxygens (including phenoxy) is 2. The van der Waals surface area contributed by atoms with Crippen LogP contribution in [-0.2, 0) is 22.6 Å². The molecule has 0 spiro atoms. The van der Waals surface area contributed by atoms with Crippen molar-refractivity contribution in [2.24, 2.45) is 0 Å². The predicted octanol–water partition coefficient (Wildman–Crippen LogP) is 3.90. The van der Waals surface area contributed by atoms with Crippen molar-refractivity contribution in [3.8, 4) is 5.75 Å². The minimum Gasteiger partial charge on any atom is -0.484 e. The minimum atomic E-state index is -0.0611. The Kier molecular flexibility index (Phi) is 7.47. The number of methoxy groups -OCH3 is 1. The second kappa shape index (κ2) is 10.5. The van der Waals surface area contributed by atoms with Crippen LogP contribution in [0.25, 0.3) is 0 Å². The van der Waals surface area contributed by atoms with Crippen LogP contribution in [0, 0.1) is 6.92 Å². The first-order chi connectivity index (χ1) is 14.2. The molecule has 2 aromatic carbocycles. The van der Waals surface area contributed by atoms with Crippen LogP contribution in [0.4, 0.5) is 0 Å². The molecule has 5 nitrogen and oxygen atoms in total. The van der Waals surface area contributed by atoms with E-state index in [9.17, 15) is 4.79 Å². The summed E-state index contributed by atoms with van der Waals surface area (Å²) in [6, 6.07) is 22.0. The summed E-state index contributed by atoms with van der Waals surface area (Å²) in [5.74, 6) is 0.629. The molecule has 0 atom stereocenters. The molecule has 0 N–H and O–H groups in total. The van der Waals surface area contributed by atoms with Gasteiger partial charge in [0.2, 0.25) is 0 Å². The molecular weight excluding hydrogens is 364 g/mol. The number of carbonyl (C=O) groups is 1. The van der Waals surface area contributed by atoms with Gasteiger partial charge in [-0.15, -0.1) is 0 Å². The van der Waals surface area contributed by atoms with Crippen molar-refractivity contribution in [3.63, 3.8) is 0 Å². The number of hydrogen-bond acceptors (Lipinski definition) is 3. The summed E-state index contributed by atoms with van der Waals surface area (Å²) in [6.07, 6.45) is 2.05. The van der Waals surface area contributed by atoms with Gasteiger partial charge in [-0.3, -0.25) is 4.79 Å². The van der Waals surface area contributed by atoms with Crippen LogP contribution in [0.1, 0.15) is 16.8 Å². The van der Waals surface area contributed by atoms with Gasteiger partial charge < -0.3 is 18.9 Å². The van der Waals surface area contributed by atoms with E-state index in [-0.39, 0.29) is 12.5 Å². The van der Waals surface area contributed by atoms with E-state index in [1.165, 1.54) is 11.1 Å². The van der Waals surface area contributed by atoms with E-state index in [1.54, 1.807) is 12.0 Å². The van der Waals surface area contributed by atoms with Crippen LogP contribution in [-0.4, -0.2) is 42.2 Å². The van der Waals surface area contributed by atoms with Crippen molar-refractivity contribution in [3.05, 3.63) is 89.7 Å². The second-order valence-corrected chi connectivity index (χ2v) is 7.02. The van der Waals surface area contributed by atoms with Crippen molar-refractivity contribution in [2.45, 2.75) is 20.0 Å². The summed E-state index contributed by atoms with van der Waals surface area (Å²) in [4.78, 5) is 14.6. The molecule has 0 unspecified atom stereocenters. The molecule has 29 heavy (non-hydrogen) atoms. The van der Waals surface area contributed by atoms with Gasteiger partial charge >= 0.3 is 0 Å². The standard InChI is InChI=1S/C24H28N2O3/c1-20-10-12-21(13-11-20)17-25-14-6-7-22(25)18-26(15-16-28-2)24(27)19-29-23-8-4-3-5-9-23/h3-14H,15-19H2,1-2H3. The highest BCUT2D eigenvalue weighted by Crippen LogP contribution is 2.13. The first kappa shape index (κ1) is 20.7. The molecular formula is C24H28N2O3. The molecule has 0 saturated heterocycles. The molecule has 0 aliphatic heterocycles. The Bertz CT molecular complexity index is 888. The zero-order valence-corrected chi connectivity index (χ0v) is 17.1. The molecule has 3 aromatic rings. The number of carbonyl (C=O) groups excluding carboxylic acids is 1. The van der Waals surface area contributed by atoms with E-state index in [0.29, 0.717) is 25.4 Å². The Labute approximate surface area is 172 Å². The molecule has 1 amide bonds. The molecule has 0 aliphatic carbocycles. The van der Waals surface area contributed by atoms with E-state index in [1.807, 2.05) is 36.4 Å². The van der Waals surface area contributed by atoms with Crippen LogP contribution in [0.3, 0.4) is 0 Å². The molecule has 1 aromatic heterocycles. The second-order valence-electron chi connectivity index (χ2n) is 7.02. The fourth-order valence-electron chi connectivity index (χ4n) is 3.08. The molecule has 152 valence electrons. The topological polar surface area (TPSA) is 43.7 Å². The highest BCUT2D eigenvalue weighted by atomic mass is 16.5. The predicted molar refractivity (Wildman–Crippen MR) is 114 cm³/mol. The fraction of sp³-hybridized carbons (Fsp3) is 0.292. The zero-order chi connectivity index (χ0) is 20.5. The summed E-state index contributed by atoms with van der Waals surface area (Å²) in [6.45, 7) is 4.38. The Hall–Kier alpha value is -3.05. The van der Waals surface area contributed by atoms with Crippen molar-refractivity contribution >= 4 is 5.91 Å². The molecule has 3 rings (SSSR count). The fourth-order valence-corrected chi connectivity index (χ4v) is 3.08. The monoisotopic (exact) mass is 392 g/mol. The lowest BCUT2D eigenvalue weighted by Crippen LogP contribution is -2.37. The quantitative estimate of drug-likeness (QED) is 0.526. The smallest absolute Gasteiger partial charge is 0.260 e.